The van der Waals surface area contributed by atoms with E-state index in [1.165, 1.54) is 25.1 Å². The highest BCUT2D eigenvalue weighted by Crippen LogP contribution is 2.44. The van der Waals surface area contributed by atoms with Crippen molar-refractivity contribution in [1.29, 1.82) is 0 Å². The second-order valence-corrected chi connectivity index (χ2v) is 6.05. The first-order valence-electron chi connectivity index (χ1n) is 6.28. The SMILES string of the molecule is CC(=O)Oc1ccccc1SC1(O)CCCCC1. The fraction of sp³-hybridized carbons (Fsp3) is 0.500. The molecule has 1 aromatic carbocycles. The van der Waals surface area contributed by atoms with E-state index in [1.54, 1.807) is 6.07 Å². The van der Waals surface area contributed by atoms with Gasteiger partial charge in [-0.05, 0) is 37.8 Å². The molecule has 0 aromatic heterocycles. The Hall–Kier alpha value is -1.00. The number of para-hydroxylation sites is 1. The molecule has 3 nitrogen and oxygen atoms in total. The van der Waals surface area contributed by atoms with Gasteiger partial charge < -0.3 is 9.84 Å². The highest BCUT2D eigenvalue weighted by atomic mass is 32.2. The van der Waals surface area contributed by atoms with E-state index >= 15 is 0 Å². The lowest BCUT2D eigenvalue weighted by atomic mass is 9.97. The average Bonchev–Trinajstić information content (AvgIpc) is 2.32. The summed E-state index contributed by atoms with van der Waals surface area (Å²) in [4.78, 5) is 11.2. The number of rotatable bonds is 3. The van der Waals surface area contributed by atoms with Gasteiger partial charge >= 0.3 is 5.97 Å². The number of carbonyl (C=O) groups excluding carboxylic acids is 1. The van der Waals surface area contributed by atoms with E-state index in [2.05, 4.69) is 0 Å². The number of carbonyl (C=O) groups is 1. The Morgan fingerprint density at radius 3 is 2.61 bits per heavy atom. The van der Waals surface area contributed by atoms with Crippen LogP contribution in [0.5, 0.6) is 5.75 Å². The van der Waals surface area contributed by atoms with Crippen LogP contribution >= 0.6 is 11.8 Å². The zero-order chi connectivity index (χ0) is 13.0. The van der Waals surface area contributed by atoms with Crippen LogP contribution in [0.4, 0.5) is 0 Å². The molecule has 2 rings (SSSR count). The van der Waals surface area contributed by atoms with Gasteiger partial charge in [0.15, 0.2) is 0 Å². The van der Waals surface area contributed by atoms with Crippen LogP contribution in [-0.4, -0.2) is 16.0 Å². The van der Waals surface area contributed by atoms with Crippen LogP contribution in [0, 0.1) is 0 Å². The first kappa shape index (κ1) is 13.4. The van der Waals surface area contributed by atoms with Crippen LogP contribution in [0.3, 0.4) is 0 Å². The number of esters is 1. The third-order valence-corrected chi connectivity index (χ3v) is 4.38. The summed E-state index contributed by atoms with van der Waals surface area (Å²) in [6, 6.07) is 7.36. The second-order valence-electron chi connectivity index (χ2n) is 4.65. The van der Waals surface area contributed by atoms with Gasteiger partial charge in [0.1, 0.15) is 10.7 Å². The molecule has 0 radical (unpaired) electrons. The minimum Gasteiger partial charge on any atom is -0.426 e. The molecular weight excluding hydrogens is 248 g/mol. The molecule has 1 N–H and O–H groups in total. The zero-order valence-electron chi connectivity index (χ0n) is 10.5. The molecule has 0 saturated heterocycles. The van der Waals surface area contributed by atoms with Crippen molar-refractivity contribution in [3.05, 3.63) is 24.3 Å². The van der Waals surface area contributed by atoms with Gasteiger partial charge in [-0.3, -0.25) is 4.79 Å². The molecule has 1 saturated carbocycles. The molecule has 0 aliphatic heterocycles. The van der Waals surface area contributed by atoms with Gasteiger partial charge in [0.25, 0.3) is 0 Å². The molecular formula is C14H18O3S. The average molecular weight is 266 g/mol. The maximum atomic E-state index is 11.0. The molecule has 0 amide bonds. The molecule has 0 spiro atoms. The van der Waals surface area contributed by atoms with Crippen molar-refractivity contribution in [3.63, 3.8) is 0 Å². The summed E-state index contributed by atoms with van der Waals surface area (Å²) in [5.74, 6) is 0.202. The molecule has 1 aromatic rings. The van der Waals surface area contributed by atoms with Crippen molar-refractivity contribution >= 4 is 17.7 Å². The van der Waals surface area contributed by atoms with Crippen molar-refractivity contribution in [2.75, 3.05) is 0 Å². The molecule has 1 aliphatic carbocycles. The molecule has 18 heavy (non-hydrogen) atoms. The molecule has 0 atom stereocenters. The lowest BCUT2D eigenvalue weighted by Gasteiger charge is -2.31. The number of hydrogen-bond donors (Lipinski definition) is 1. The Kier molecular flexibility index (Phi) is 4.30. The van der Waals surface area contributed by atoms with Crippen LogP contribution in [0.1, 0.15) is 39.0 Å². The topological polar surface area (TPSA) is 46.5 Å². The maximum absolute atomic E-state index is 11.0. The third-order valence-electron chi connectivity index (χ3n) is 3.04. The van der Waals surface area contributed by atoms with Gasteiger partial charge in [0.05, 0.1) is 4.90 Å². The smallest absolute Gasteiger partial charge is 0.308 e. The Labute approximate surface area is 112 Å². The summed E-state index contributed by atoms with van der Waals surface area (Å²) in [6.07, 6.45) is 4.89. The van der Waals surface area contributed by atoms with E-state index in [0.29, 0.717) is 5.75 Å². The van der Waals surface area contributed by atoms with Gasteiger partial charge in [0.2, 0.25) is 0 Å². The first-order valence-corrected chi connectivity index (χ1v) is 7.10. The standard InChI is InChI=1S/C14H18O3S/c1-11(15)17-12-7-3-4-8-13(12)18-14(16)9-5-2-6-10-14/h3-4,7-8,16H,2,5-6,9-10H2,1H3. The molecule has 0 bridgehead atoms. The summed E-state index contributed by atoms with van der Waals surface area (Å²) in [5.41, 5.74) is 0. The number of aliphatic hydroxyl groups is 1. The van der Waals surface area contributed by atoms with Crippen molar-refractivity contribution in [3.8, 4) is 5.75 Å². The quantitative estimate of drug-likeness (QED) is 0.518. The third kappa shape index (κ3) is 3.50. The largest absolute Gasteiger partial charge is 0.426 e. The number of hydrogen-bond acceptors (Lipinski definition) is 4. The molecule has 4 heteroatoms. The first-order chi connectivity index (χ1) is 8.59. The van der Waals surface area contributed by atoms with E-state index in [0.717, 1.165) is 30.6 Å². The minimum atomic E-state index is -0.714. The number of ether oxygens (including phenoxy) is 1. The fourth-order valence-corrected chi connectivity index (χ4v) is 3.44. The van der Waals surface area contributed by atoms with Gasteiger partial charge in [-0.25, -0.2) is 0 Å². The van der Waals surface area contributed by atoms with Crippen LogP contribution < -0.4 is 4.74 Å². The van der Waals surface area contributed by atoms with Crippen molar-refractivity contribution in [2.45, 2.75) is 48.9 Å². The highest BCUT2D eigenvalue weighted by Gasteiger charge is 2.31. The summed E-state index contributed by atoms with van der Waals surface area (Å²) in [7, 11) is 0. The number of thioether (sulfide) groups is 1. The Morgan fingerprint density at radius 1 is 1.28 bits per heavy atom. The van der Waals surface area contributed by atoms with E-state index in [1.807, 2.05) is 18.2 Å². The lowest BCUT2D eigenvalue weighted by Crippen LogP contribution is -2.26. The predicted octanol–water partition coefficient (Wildman–Crippen LogP) is 3.36. The van der Waals surface area contributed by atoms with Crippen LogP contribution in [0.2, 0.25) is 0 Å². The van der Waals surface area contributed by atoms with Gasteiger partial charge in [-0.15, -0.1) is 0 Å². The molecule has 98 valence electrons. The highest BCUT2D eigenvalue weighted by molar-refractivity contribution is 8.00. The van der Waals surface area contributed by atoms with Crippen molar-refractivity contribution < 1.29 is 14.6 Å². The maximum Gasteiger partial charge on any atom is 0.308 e. The normalized spacial score (nSPS) is 18.3. The van der Waals surface area contributed by atoms with Crippen LogP contribution in [0.25, 0.3) is 0 Å². The zero-order valence-corrected chi connectivity index (χ0v) is 11.3. The monoisotopic (exact) mass is 266 g/mol. The summed E-state index contributed by atoms with van der Waals surface area (Å²) < 4.78 is 5.16. The Morgan fingerprint density at radius 2 is 1.94 bits per heavy atom. The van der Waals surface area contributed by atoms with Gasteiger partial charge in [0, 0.05) is 6.92 Å². The van der Waals surface area contributed by atoms with Gasteiger partial charge in [-0.2, -0.15) is 0 Å². The van der Waals surface area contributed by atoms with Crippen molar-refractivity contribution in [2.24, 2.45) is 0 Å². The van der Waals surface area contributed by atoms with Crippen molar-refractivity contribution in [1.82, 2.24) is 0 Å². The van der Waals surface area contributed by atoms with Crippen LogP contribution in [0.15, 0.2) is 29.2 Å². The van der Waals surface area contributed by atoms with E-state index in [-0.39, 0.29) is 5.97 Å². The fourth-order valence-electron chi connectivity index (χ4n) is 2.18. The van der Waals surface area contributed by atoms with E-state index in [4.69, 9.17) is 4.74 Å². The summed E-state index contributed by atoms with van der Waals surface area (Å²) in [6.45, 7) is 1.39. The molecule has 1 aliphatic rings. The molecule has 1 fully saturated rings. The second kappa shape index (κ2) is 5.76. The summed E-state index contributed by atoms with van der Waals surface area (Å²) >= 11 is 1.41. The summed E-state index contributed by atoms with van der Waals surface area (Å²) in [5, 5.41) is 10.5. The lowest BCUT2D eigenvalue weighted by molar-refractivity contribution is -0.132. The van der Waals surface area contributed by atoms with Gasteiger partial charge in [-0.1, -0.05) is 30.3 Å². The van der Waals surface area contributed by atoms with E-state index < -0.39 is 4.93 Å². The number of benzene rings is 1. The minimum absolute atomic E-state index is 0.335. The molecule has 0 heterocycles. The van der Waals surface area contributed by atoms with Crippen LogP contribution in [-0.2, 0) is 4.79 Å². The Balaban J connectivity index is 2.14. The predicted molar refractivity (Wildman–Crippen MR) is 71.6 cm³/mol. The molecule has 0 unspecified atom stereocenters. The van der Waals surface area contributed by atoms with E-state index in [9.17, 15) is 9.90 Å². The Bertz CT molecular complexity index is 425.